The van der Waals surface area contributed by atoms with Crippen LogP contribution in [0.3, 0.4) is 0 Å². The summed E-state index contributed by atoms with van der Waals surface area (Å²) in [5, 5.41) is 16.5. The van der Waals surface area contributed by atoms with E-state index >= 15 is 0 Å². The molecule has 1 aliphatic carbocycles. The first-order valence-electron chi connectivity index (χ1n) is 10.2. The summed E-state index contributed by atoms with van der Waals surface area (Å²) < 4.78 is 0. The van der Waals surface area contributed by atoms with Crippen molar-refractivity contribution < 1.29 is 4.79 Å². The number of hydrogen-bond donors (Lipinski definition) is 3. The van der Waals surface area contributed by atoms with E-state index in [1.165, 1.54) is 0 Å². The van der Waals surface area contributed by atoms with Crippen LogP contribution in [0.15, 0.2) is 42.9 Å². The molecule has 3 N–H and O–H groups in total. The molecule has 1 aromatic carbocycles. The number of anilines is 1. The largest absolute Gasteiger partial charge is 0.351 e. The molecule has 1 fully saturated rings. The molecule has 0 bridgehead atoms. The highest BCUT2D eigenvalue weighted by molar-refractivity contribution is 5.96. The van der Waals surface area contributed by atoms with Crippen LogP contribution in [0, 0.1) is 0 Å². The minimum atomic E-state index is -0.144. The molecular weight excluding hydrogens is 378 g/mol. The third kappa shape index (κ3) is 3.34. The summed E-state index contributed by atoms with van der Waals surface area (Å²) in [6.45, 7) is 3.95. The SMILES string of the molecule is CCC(=O)N[C@]1(C)C[C@@H](Nc2ncc3c(-c4ccc5nnccc5c4)c[nH]c3n2)C1. The Hall–Kier alpha value is -3.55. The van der Waals surface area contributed by atoms with Gasteiger partial charge in [-0.05, 0) is 43.5 Å². The molecule has 0 unspecified atom stereocenters. The van der Waals surface area contributed by atoms with Gasteiger partial charge >= 0.3 is 0 Å². The molecule has 0 saturated heterocycles. The van der Waals surface area contributed by atoms with Crippen LogP contribution in [-0.4, -0.2) is 42.6 Å². The molecule has 8 heteroatoms. The van der Waals surface area contributed by atoms with E-state index in [0.29, 0.717) is 12.4 Å². The lowest BCUT2D eigenvalue weighted by atomic mass is 9.74. The van der Waals surface area contributed by atoms with Gasteiger partial charge < -0.3 is 15.6 Å². The van der Waals surface area contributed by atoms with Crippen LogP contribution >= 0.6 is 0 Å². The standard InChI is InChI=1S/C22H23N7O/c1-3-19(30)28-22(2)9-15(10-22)26-21-24-12-17-16(11-23-20(17)27-21)13-4-5-18-14(8-13)6-7-25-29-18/h4-8,11-12,15H,3,9-10H2,1-2H3,(H,28,30)(H2,23,24,26,27)/t15-,22-. The molecule has 8 nitrogen and oxygen atoms in total. The van der Waals surface area contributed by atoms with E-state index in [-0.39, 0.29) is 17.5 Å². The lowest BCUT2D eigenvalue weighted by Crippen LogP contribution is -2.59. The van der Waals surface area contributed by atoms with E-state index in [0.717, 1.165) is 45.9 Å². The number of aromatic nitrogens is 5. The van der Waals surface area contributed by atoms with Crippen LogP contribution in [0.25, 0.3) is 33.1 Å². The first-order valence-corrected chi connectivity index (χ1v) is 10.2. The third-order valence-corrected chi connectivity index (χ3v) is 5.75. The molecule has 152 valence electrons. The van der Waals surface area contributed by atoms with Crippen LogP contribution in [0.1, 0.15) is 33.1 Å². The Bertz CT molecular complexity index is 1240. The second kappa shape index (κ2) is 7.05. The zero-order valence-electron chi connectivity index (χ0n) is 16.9. The number of carbonyl (C=O) groups is 1. The number of rotatable bonds is 5. The summed E-state index contributed by atoms with van der Waals surface area (Å²) in [6, 6.07) is 8.30. The van der Waals surface area contributed by atoms with Crippen LogP contribution in [0.5, 0.6) is 0 Å². The Morgan fingerprint density at radius 1 is 1.30 bits per heavy atom. The van der Waals surface area contributed by atoms with Crippen LogP contribution < -0.4 is 10.6 Å². The number of H-pyrrole nitrogens is 1. The number of nitrogens with zero attached hydrogens (tertiary/aromatic N) is 4. The van der Waals surface area contributed by atoms with E-state index in [1.807, 2.05) is 37.5 Å². The van der Waals surface area contributed by atoms with Crippen molar-refractivity contribution in [2.24, 2.45) is 0 Å². The highest BCUT2D eigenvalue weighted by atomic mass is 16.1. The Morgan fingerprint density at radius 2 is 2.17 bits per heavy atom. The molecule has 5 rings (SSSR count). The monoisotopic (exact) mass is 401 g/mol. The Kier molecular flexibility index (Phi) is 4.34. The molecule has 1 amide bonds. The van der Waals surface area contributed by atoms with E-state index in [1.54, 1.807) is 6.20 Å². The van der Waals surface area contributed by atoms with Crippen molar-refractivity contribution in [3.63, 3.8) is 0 Å². The number of amides is 1. The van der Waals surface area contributed by atoms with Gasteiger partial charge in [0.05, 0.1) is 11.7 Å². The first-order chi connectivity index (χ1) is 14.5. The van der Waals surface area contributed by atoms with Gasteiger partial charge in [0.15, 0.2) is 0 Å². The molecule has 4 aromatic rings. The Balaban J connectivity index is 1.34. The fraction of sp³-hybridized carbons (Fsp3) is 0.318. The summed E-state index contributed by atoms with van der Waals surface area (Å²) in [5.41, 5.74) is 3.64. The lowest BCUT2D eigenvalue weighted by molar-refractivity contribution is -0.123. The minimum Gasteiger partial charge on any atom is -0.351 e. The van der Waals surface area contributed by atoms with Crippen LogP contribution in [-0.2, 0) is 4.79 Å². The second-order valence-corrected chi connectivity index (χ2v) is 8.17. The predicted octanol–water partition coefficient (Wildman–Crippen LogP) is 3.43. The minimum absolute atomic E-state index is 0.0910. The average molecular weight is 401 g/mol. The van der Waals surface area contributed by atoms with Crippen molar-refractivity contribution in [1.29, 1.82) is 0 Å². The van der Waals surface area contributed by atoms with Gasteiger partial charge in [0, 0.05) is 46.7 Å². The summed E-state index contributed by atoms with van der Waals surface area (Å²) in [4.78, 5) is 24.1. The van der Waals surface area contributed by atoms with Gasteiger partial charge in [0.1, 0.15) is 5.65 Å². The number of aromatic amines is 1. The fourth-order valence-electron chi connectivity index (χ4n) is 4.21. The summed E-state index contributed by atoms with van der Waals surface area (Å²) in [5.74, 6) is 0.687. The molecule has 0 spiro atoms. The Morgan fingerprint density at radius 3 is 3.00 bits per heavy atom. The van der Waals surface area contributed by atoms with Crippen molar-refractivity contribution >= 4 is 33.8 Å². The Labute approximate surface area is 173 Å². The quantitative estimate of drug-likeness (QED) is 0.473. The van der Waals surface area contributed by atoms with Gasteiger partial charge in [-0.15, -0.1) is 0 Å². The maximum Gasteiger partial charge on any atom is 0.224 e. The molecular formula is C22H23N7O. The predicted molar refractivity (Wildman–Crippen MR) is 116 cm³/mol. The van der Waals surface area contributed by atoms with E-state index in [9.17, 15) is 4.79 Å². The average Bonchev–Trinajstić information content (AvgIpc) is 3.15. The fourth-order valence-corrected chi connectivity index (χ4v) is 4.21. The molecule has 0 radical (unpaired) electrons. The van der Waals surface area contributed by atoms with Gasteiger partial charge in [0.2, 0.25) is 11.9 Å². The van der Waals surface area contributed by atoms with Crippen LogP contribution in [0.4, 0.5) is 5.95 Å². The van der Waals surface area contributed by atoms with E-state index in [4.69, 9.17) is 0 Å². The summed E-state index contributed by atoms with van der Waals surface area (Å²) in [7, 11) is 0. The number of benzene rings is 1. The molecule has 3 heterocycles. The van der Waals surface area contributed by atoms with Crippen molar-refractivity contribution in [1.82, 2.24) is 30.5 Å². The van der Waals surface area contributed by atoms with Crippen molar-refractivity contribution in [2.75, 3.05) is 5.32 Å². The van der Waals surface area contributed by atoms with Gasteiger partial charge in [-0.25, -0.2) is 4.98 Å². The van der Waals surface area contributed by atoms with Crippen molar-refractivity contribution in [3.05, 3.63) is 42.9 Å². The zero-order chi connectivity index (χ0) is 20.7. The van der Waals surface area contributed by atoms with Gasteiger partial charge in [0.25, 0.3) is 0 Å². The molecule has 3 aromatic heterocycles. The molecule has 0 aliphatic heterocycles. The normalized spacial score (nSPS) is 20.8. The van der Waals surface area contributed by atoms with Gasteiger partial charge in [-0.3, -0.25) is 4.79 Å². The lowest BCUT2D eigenvalue weighted by Gasteiger charge is -2.45. The van der Waals surface area contributed by atoms with Crippen molar-refractivity contribution in [2.45, 2.75) is 44.7 Å². The third-order valence-electron chi connectivity index (χ3n) is 5.75. The smallest absolute Gasteiger partial charge is 0.224 e. The van der Waals surface area contributed by atoms with Gasteiger partial charge in [-0.1, -0.05) is 13.0 Å². The number of nitrogens with one attached hydrogen (secondary N) is 3. The maximum absolute atomic E-state index is 11.7. The maximum atomic E-state index is 11.7. The van der Waals surface area contributed by atoms with Gasteiger partial charge in [-0.2, -0.15) is 15.2 Å². The zero-order valence-corrected chi connectivity index (χ0v) is 16.9. The summed E-state index contributed by atoms with van der Waals surface area (Å²) in [6.07, 6.45) is 7.72. The summed E-state index contributed by atoms with van der Waals surface area (Å²) >= 11 is 0. The second-order valence-electron chi connectivity index (χ2n) is 8.17. The molecule has 1 aliphatic rings. The topological polar surface area (TPSA) is 108 Å². The van der Waals surface area contributed by atoms with Crippen molar-refractivity contribution in [3.8, 4) is 11.1 Å². The molecule has 1 saturated carbocycles. The number of fused-ring (bicyclic) bond motifs is 2. The molecule has 0 atom stereocenters. The first kappa shape index (κ1) is 18.5. The number of carbonyl (C=O) groups excluding carboxylic acids is 1. The highest BCUT2D eigenvalue weighted by Gasteiger charge is 2.41. The molecule has 30 heavy (non-hydrogen) atoms. The van der Waals surface area contributed by atoms with E-state index < -0.39 is 0 Å². The number of hydrogen-bond acceptors (Lipinski definition) is 6. The van der Waals surface area contributed by atoms with Crippen LogP contribution in [0.2, 0.25) is 0 Å². The van der Waals surface area contributed by atoms with E-state index in [2.05, 4.69) is 48.8 Å². The highest BCUT2D eigenvalue weighted by Crippen LogP contribution is 2.34.